The van der Waals surface area contributed by atoms with Gasteiger partial charge in [0.25, 0.3) is 0 Å². The lowest BCUT2D eigenvalue weighted by molar-refractivity contribution is 0.0966. The van der Waals surface area contributed by atoms with Gasteiger partial charge in [-0.3, -0.25) is 4.79 Å². The molecule has 1 unspecified atom stereocenters. The zero-order valence-electron chi connectivity index (χ0n) is 18.0. The lowest BCUT2D eigenvalue weighted by atomic mass is 9.96. The molecule has 0 spiro atoms. The van der Waals surface area contributed by atoms with Gasteiger partial charge in [0.2, 0.25) is 0 Å². The van der Waals surface area contributed by atoms with Crippen LogP contribution in [0.2, 0.25) is 0 Å². The van der Waals surface area contributed by atoms with Gasteiger partial charge in [0.1, 0.15) is 17.5 Å². The zero-order chi connectivity index (χ0) is 24.0. The van der Waals surface area contributed by atoms with Gasteiger partial charge in [-0.05, 0) is 54.8 Å². The van der Waals surface area contributed by atoms with Gasteiger partial charge in [0.15, 0.2) is 15.6 Å². The Labute approximate surface area is 194 Å². The molecule has 0 saturated carbocycles. The van der Waals surface area contributed by atoms with Crippen LogP contribution >= 0.6 is 0 Å². The Kier molecular flexibility index (Phi) is 5.56. The van der Waals surface area contributed by atoms with Gasteiger partial charge in [-0.2, -0.15) is 0 Å². The zero-order valence-corrected chi connectivity index (χ0v) is 18.8. The van der Waals surface area contributed by atoms with Crippen LogP contribution in [0.5, 0.6) is 0 Å². The minimum Gasteiger partial charge on any atom is -0.316 e. The van der Waals surface area contributed by atoms with E-state index in [1.807, 2.05) is 0 Å². The van der Waals surface area contributed by atoms with Crippen molar-refractivity contribution in [2.24, 2.45) is 5.92 Å². The van der Waals surface area contributed by atoms with E-state index in [-0.39, 0.29) is 35.2 Å². The molecule has 1 aliphatic rings. The van der Waals surface area contributed by atoms with Crippen molar-refractivity contribution >= 4 is 26.5 Å². The molecular weight excluding hydrogens is 463 g/mol. The van der Waals surface area contributed by atoms with Crippen LogP contribution in [0.4, 0.5) is 13.2 Å². The van der Waals surface area contributed by atoms with Crippen LogP contribution < -0.4 is 0 Å². The van der Waals surface area contributed by atoms with Gasteiger partial charge in [0, 0.05) is 34.8 Å². The van der Waals surface area contributed by atoms with Crippen molar-refractivity contribution in [2.45, 2.75) is 12.8 Å². The molecule has 1 saturated heterocycles. The number of nitrogens with zero attached hydrogens (tertiary/aromatic N) is 1. The highest BCUT2D eigenvalue weighted by molar-refractivity contribution is 7.91. The largest absolute Gasteiger partial charge is 0.316 e. The number of carbonyl (C=O) groups is 1. The summed E-state index contributed by atoms with van der Waals surface area (Å²) < 4.78 is 67.9. The number of rotatable bonds is 5. The minimum absolute atomic E-state index is 0.00362. The second kappa shape index (κ2) is 8.43. The Morgan fingerprint density at radius 1 is 0.971 bits per heavy atom. The summed E-state index contributed by atoms with van der Waals surface area (Å²) in [6.45, 7) is 0. The molecule has 1 fully saturated rings. The summed E-state index contributed by atoms with van der Waals surface area (Å²) >= 11 is 0. The molecule has 0 N–H and O–H groups in total. The molecule has 0 amide bonds. The molecule has 34 heavy (non-hydrogen) atoms. The summed E-state index contributed by atoms with van der Waals surface area (Å²) in [6, 6.07) is 14.1. The summed E-state index contributed by atoms with van der Waals surface area (Å²) in [5.41, 5.74) is 1.56. The molecule has 1 atom stereocenters. The average Bonchev–Trinajstić information content (AvgIpc) is 3.33. The molecule has 8 heteroatoms. The monoisotopic (exact) mass is 483 g/mol. The topological polar surface area (TPSA) is 56.1 Å². The lowest BCUT2D eigenvalue weighted by Gasteiger charge is -2.09. The molecule has 1 aromatic heterocycles. The molecule has 0 bridgehead atoms. The van der Waals surface area contributed by atoms with Gasteiger partial charge in [-0.1, -0.05) is 18.2 Å². The third kappa shape index (κ3) is 4.14. The number of sulfone groups is 1. The molecular formula is C26H20F3NO3S. The van der Waals surface area contributed by atoms with E-state index in [0.29, 0.717) is 34.1 Å². The van der Waals surface area contributed by atoms with Crippen molar-refractivity contribution in [1.82, 2.24) is 4.57 Å². The Balaban J connectivity index is 1.63. The van der Waals surface area contributed by atoms with Gasteiger partial charge < -0.3 is 4.57 Å². The molecule has 5 rings (SSSR count). The van der Waals surface area contributed by atoms with Crippen molar-refractivity contribution in [1.29, 1.82) is 0 Å². The predicted octanol–water partition coefficient (Wildman–Crippen LogP) is 5.72. The van der Waals surface area contributed by atoms with E-state index in [0.717, 1.165) is 0 Å². The summed E-state index contributed by atoms with van der Waals surface area (Å²) in [7, 11) is -3.10. The predicted molar refractivity (Wildman–Crippen MR) is 124 cm³/mol. The van der Waals surface area contributed by atoms with Crippen LogP contribution in [-0.2, 0) is 9.84 Å². The van der Waals surface area contributed by atoms with Gasteiger partial charge in [-0.25, -0.2) is 21.6 Å². The summed E-state index contributed by atoms with van der Waals surface area (Å²) in [4.78, 5) is 13.0. The van der Waals surface area contributed by atoms with Crippen molar-refractivity contribution in [3.63, 3.8) is 0 Å². The first-order valence-electron chi connectivity index (χ1n) is 10.8. The number of hydrogen-bond acceptors (Lipinski definition) is 3. The highest BCUT2D eigenvalue weighted by atomic mass is 32.2. The highest BCUT2D eigenvalue weighted by Gasteiger charge is 2.30. The van der Waals surface area contributed by atoms with E-state index < -0.39 is 27.3 Å². The molecule has 4 aromatic rings. The normalized spacial score (nSPS) is 17.3. The molecule has 1 aliphatic heterocycles. The van der Waals surface area contributed by atoms with E-state index in [4.69, 9.17) is 0 Å². The van der Waals surface area contributed by atoms with Crippen LogP contribution in [-0.4, -0.2) is 30.3 Å². The Morgan fingerprint density at radius 2 is 1.68 bits per heavy atom. The molecule has 4 nitrogen and oxygen atoms in total. The number of benzene rings is 3. The fourth-order valence-corrected chi connectivity index (χ4v) is 6.44. The second-order valence-corrected chi connectivity index (χ2v) is 10.8. The average molecular weight is 484 g/mol. The maximum absolute atomic E-state index is 14.6. The van der Waals surface area contributed by atoms with Crippen LogP contribution in [0, 0.1) is 23.4 Å². The molecule has 0 radical (unpaired) electrons. The van der Waals surface area contributed by atoms with Crippen LogP contribution in [0.15, 0.2) is 66.9 Å². The van der Waals surface area contributed by atoms with Gasteiger partial charge >= 0.3 is 0 Å². The van der Waals surface area contributed by atoms with Crippen LogP contribution in [0.3, 0.4) is 0 Å². The maximum Gasteiger partial charge on any atom is 0.163 e. The number of aromatic nitrogens is 1. The van der Waals surface area contributed by atoms with Crippen molar-refractivity contribution < 1.29 is 26.4 Å². The fourth-order valence-electron chi connectivity index (χ4n) is 4.58. The Bertz CT molecular complexity index is 1500. The molecule has 0 aliphatic carbocycles. The number of hydrogen-bond donors (Lipinski definition) is 0. The van der Waals surface area contributed by atoms with Crippen molar-refractivity contribution in [3.8, 4) is 16.8 Å². The van der Waals surface area contributed by atoms with E-state index in [9.17, 15) is 26.4 Å². The summed E-state index contributed by atoms with van der Waals surface area (Å²) in [5.74, 6) is -2.20. The lowest BCUT2D eigenvalue weighted by Crippen LogP contribution is -2.10. The number of ketones is 1. The third-order valence-electron chi connectivity index (χ3n) is 6.27. The first-order chi connectivity index (χ1) is 16.2. The quantitative estimate of drug-likeness (QED) is 0.341. The summed E-state index contributed by atoms with van der Waals surface area (Å²) in [5, 5.41) is 0.522. The molecule has 174 valence electrons. The minimum atomic E-state index is -3.10. The number of Topliss-reactive ketones (excluding diaryl/α,β-unsaturated/α-hetero) is 1. The van der Waals surface area contributed by atoms with E-state index in [2.05, 4.69) is 0 Å². The van der Waals surface area contributed by atoms with Gasteiger partial charge in [0.05, 0.1) is 22.6 Å². The SMILES string of the molecule is O=C(CC1CCS(=O)(=O)C1)c1ccc2c(-c3c(F)cccc3F)cn(-c3ccc(F)cc3)c2c1. The van der Waals surface area contributed by atoms with E-state index >= 15 is 0 Å². The van der Waals surface area contributed by atoms with Crippen LogP contribution in [0.1, 0.15) is 23.2 Å². The maximum atomic E-state index is 14.6. The third-order valence-corrected chi connectivity index (χ3v) is 8.10. The highest BCUT2D eigenvalue weighted by Crippen LogP contribution is 2.36. The fraction of sp³-hybridized carbons (Fsp3) is 0.192. The molecule has 2 heterocycles. The van der Waals surface area contributed by atoms with Crippen molar-refractivity contribution in [2.75, 3.05) is 11.5 Å². The first-order valence-corrected chi connectivity index (χ1v) is 12.6. The smallest absolute Gasteiger partial charge is 0.163 e. The van der Waals surface area contributed by atoms with Crippen LogP contribution in [0.25, 0.3) is 27.7 Å². The van der Waals surface area contributed by atoms with E-state index in [1.165, 1.54) is 42.5 Å². The summed E-state index contributed by atoms with van der Waals surface area (Å²) in [6.07, 6.45) is 2.13. The number of carbonyl (C=O) groups excluding carboxylic acids is 1. The molecule has 3 aromatic carbocycles. The second-order valence-electron chi connectivity index (χ2n) is 8.61. The van der Waals surface area contributed by atoms with Crippen molar-refractivity contribution in [3.05, 3.63) is 89.9 Å². The Hall–Kier alpha value is -3.39. The first kappa shape index (κ1) is 22.4. The van der Waals surface area contributed by atoms with E-state index in [1.54, 1.807) is 29.0 Å². The number of fused-ring (bicyclic) bond motifs is 1. The Morgan fingerprint density at radius 3 is 2.32 bits per heavy atom. The van der Waals surface area contributed by atoms with Gasteiger partial charge in [-0.15, -0.1) is 0 Å². The standard InChI is InChI=1S/C26H20F3NO3S/c27-18-5-7-19(8-6-18)30-14-21(26-22(28)2-1-3-23(26)29)20-9-4-17(13-24(20)30)25(31)12-16-10-11-34(32,33)15-16/h1-9,13-14,16H,10-12,15H2. The number of halogens is 3.